The zero-order chi connectivity index (χ0) is 15.9. The van der Waals surface area contributed by atoms with E-state index in [2.05, 4.69) is 45.3 Å². The molecule has 0 radical (unpaired) electrons. The maximum absolute atomic E-state index is 4.44. The number of hydrogen-bond acceptors (Lipinski definition) is 3. The van der Waals surface area contributed by atoms with Crippen molar-refractivity contribution in [3.8, 4) is 0 Å². The van der Waals surface area contributed by atoms with E-state index < -0.39 is 0 Å². The third kappa shape index (κ3) is 4.22. The summed E-state index contributed by atoms with van der Waals surface area (Å²) in [6.45, 7) is 10.7. The summed E-state index contributed by atoms with van der Waals surface area (Å²) in [4.78, 5) is 9.22. The summed E-state index contributed by atoms with van der Waals surface area (Å²) in [7, 11) is 3.85. The van der Waals surface area contributed by atoms with Gasteiger partial charge in [-0.3, -0.25) is 9.67 Å². The number of guanidine groups is 1. The van der Waals surface area contributed by atoms with E-state index in [0.29, 0.717) is 5.92 Å². The Morgan fingerprint density at radius 2 is 2.23 bits per heavy atom. The van der Waals surface area contributed by atoms with Crippen LogP contribution in [0.3, 0.4) is 0 Å². The third-order valence-corrected chi connectivity index (χ3v) is 4.50. The van der Waals surface area contributed by atoms with Crippen LogP contribution in [0.25, 0.3) is 0 Å². The van der Waals surface area contributed by atoms with Crippen molar-refractivity contribution in [2.45, 2.75) is 26.2 Å². The molecule has 0 aliphatic carbocycles. The Hall–Kier alpha value is -1.56. The summed E-state index contributed by atoms with van der Waals surface area (Å²) < 4.78 is 1.88. The fourth-order valence-corrected chi connectivity index (χ4v) is 3.07. The van der Waals surface area contributed by atoms with E-state index >= 15 is 0 Å². The minimum Gasteiger partial charge on any atom is -0.355 e. The van der Waals surface area contributed by atoms with Gasteiger partial charge in [-0.2, -0.15) is 5.10 Å². The molecule has 6 heteroatoms. The first-order valence-corrected chi connectivity index (χ1v) is 8.34. The van der Waals surface area contributed by atoms with Gasteiger partial charge in [0.1, 0.15) is 0 Å². The lowest BCUT2D eigenvalue weighted by Gasteiger charge is -2.24. The van der Waals surface area contributed by atoms with Crippen LogP contribution in [-0.2, 0) is 7.05 Å². The second-order valence-electron chi connectivity index (χ2n) is 5.88. The molecule has 1 unspecified atom stereocenters. The van der Waals surface area contributed by atoms with E-state index in [0.717, 1.165) is 45.2 Å². The summed E-state index contributed by atoms with van der Waals surface area (Å²) in [5, 5.41) is 7.79. The van der Waals surface area contributed by atoms with Gasteiger partial charge in [-0.1, -0.05) is 13.8 Å². The van der Waals surface area contributed by atoms with Crippen molar-refractivity contribution in [1.82, 2.24) is 24.9 Å². The third-order valence-electron chi connectivity index (χ3n) is 4.50. The van der Waals surface area contributed by atoms with Crippen LogP contribution in [0.4, 0.5) is 0 Å². The fraction of sp³-hybridized carbons (Fsp3) is 0.750. The van der Waals surface area contributed by atoms with E-state index in [1.807, 2.05) is 25.0 Å². The van der Waals surface area contributed by atoms with Crippen molar-refractivity contribution < 1.29 is 0 Å². The number of likely N-dealkylation sites (N-methyl/N-ethyl adjacent to an activating group) is 1. The number of hydrogen-bond donors (Lipinski definition) is 1. The van der Waals surface area contributed by atoms with Crippen molar-refractivity contribution >= 4 is 5.96 Å². The molecule has 1 fully saturated rings. The number of aliphatic imine (C=N–C) groups is 1. The second kappa shape index (κ2) is 8.17. The van der Waals surface area contributed by atoms with E-state index in [4.69, 9.17) is 0 Å². The summed E-state index contributed by atoms with van der Waals surface area (Å²) in [6.07, 6.45) is 5.29. The van der Waals surface area contributed by atoms with Gasteiger partial charge in [0.25, 0.3) is 0 Å². The van der Waals surface area contributed by atoms with Crippen LogP contribution in [0.15, 0.2) is 17.4 Å². The minimum absolute atomic E-state index is 0.565. The van der Waals surface area contributed by atoms with E-state index in [-0.39, 0.29) is 0 Å². The SMILES string of the molecule is CCN(CC)CCNC(=NC)N1CCC(c2cnn(C)c2)C1. The summed E-state index contributed by atoms with van der Waals surface area (Å²) in [5.74, 6) is 1.59. The van der Waals surface area contributed by atoms with Gasteiger partial charge in [0.2, 0.25) is 0 Å². The summed E-state index contributed by atoms with van der Waals surface area (Å²) >= 11 is 0. The number of aromatic nitrogens is 2. The molecular weight excluding hydrogens is 276 g/mol. The molecule has 0 amide bonds. The highest BCUT2D eigenvalue weighted by Gasteiger charge is 2.26. The Morgan fingerprint density at radius 1 is 1.45 bits per heavy atom. The number of nitrogens with one attached hydrogen (secondary N) is 1. The Balaban J connectivity index is 1.82. The molecule has 0 saturated carbocycles. The normalized spacial score (nSPS) is 19.2. The van der Waals surface area contributed by atoms with Gasteiger partial charge < -0.3 is 15.1 Å². The van der Waals surface area contributed by atoms with Gasteiger partial charge in [0, 0.05) is 52.4 Å². The average Bonchev–Trinajstić information content (AvgIpc) is 3.16. The van der Waals surface area contributed by atoms with E-state index in [9.17, 15) is 0 Å². The highest BCUT2D eigenvalue weighted by atomic mass is 15.3. The maximum atomic E-state index is 4.44. The van der Waals surface area contributed by atoms with Crippen LogP contribution in [-0.4, -0.2) is 71.9 Å². The first-order valence-electron chi connectivity index (χ1n) is 8.34. The van der Waals surface area contributed by atoms with Gasteiger partial charge in [-0.05, 0) is 25.1 Å². The predicted molar refractivity (Wildman–Crippen MR) is 91.3 cm³/mol. The van der Waals surface area contributed by atoms with Crippen LogP contribution in [0.2, 0.25) is 0 Å². The molecule has 0 spiro atoms. The summed E-state index contributed by atoms with van der Waals surface area (Å²) in [5.41, 5.74) is 1.34. The molecule has 1 aliphatic rings. The lowest BCUT2D eigenvalue weighted by molar-refractivity contribution is 0.306. The van der Waals surface area contributed by atoms with E-state index in [1.165, 1.54) is 12.0 Å². The number of rotatable bonds is 6. The first-order chi connectivity index (χ1) is 10.7. The quantitative estimate of drug-likeness (QED) is 0.632. The molecule has 1 aromatic rings. The van der Waals surface area contributed by atoms with Gasteiger partial charge in [-0.25, -0.2) is 0 Å². The molecule has 1 aromatic heterocycles. The molecule has 1 atom stereocenters. The van der Waals surface area contributed by atoms with Crippen LogP contribution < -0.4 is 5.32 Å². The van der Waals surface area contributed by atoms with Crippen LogP contribution in [0.1, 0.15) is 31.7 Å². The lowest BCUT2D eigenvalue weighted by atomic mass is 10.0. The van der Waals surface area contributed by atoms with Gasteiger partial charge >= 0.3 is 0 Å². The fourth-order valence-electron chi connectivity index (χ4n) is 3.07. The molecular formula is C16H30N6. The molecule has 1 saturated heterocycles. The van der Waals surface area contributed by atoms with Gasteiger partial charge in [-0.15, -0.1) is 0 Å². The van der Waals surface area contributed by atoms with Crippen LogP contribution in [0.5, 0.6) is 0 Å². The van der Waals surface area contributed by atoms with Crippen LogP contribution >= 0.6 is 0 Å². The first kappa shape index (κ1) is 16.8. The smallest absolute Gasteiger partial charge is 0.193 e. The van der Waals surface area contributed by atoms with Crippen molar-refractivity contribution in [2.24, 2.45) is 12.0 Å². The minimum atomic E-state index is 0.565. The molecule has 0 bridgehead atoms. The predicted octanol–water partition coefficient (Wildman–Crippen LogP) is 1.13. The molecule has 124 valence electrons. The molecule has 1 aliphatic heterocycles. The molecule has 2 rings (SSSR count). The Morgan fingerprint density at radius 3 is 2.82 bits per heavy atom. The number of aryl methyl sites for hydroxylation is 1. The lowest BCUT2D eigenvalue weighted by Crippen LogP contribution is -2.43. The largest absolute Gasteiger partial charge is 0.355 e. The van der Waals surface area contributed by atoms with E-state index in [1.54, 1.807) is 0 Å². The molecule has 6 nitrogen and oxygen atoms in total. The van der Waals surface area contributed by atoms with Gasteiger partial charge in [0.15, 0.2) is 5.96 Å². The monoisotopic (exact) mass is 306 g/mol. The highest BCUT2D eigenvalue weighted by Crippen LogP contribution is 2.26. The number of likely N-dealkylation sites (tertiary alicyclic amines) is 1. The maximum Gasteiger partial charge on any atom is 0.193 e. The Bertz CT molecular complexity index is 477. The Kier molecular flexibility index (Phi) is 6.24. The number of nitrogens with zero attached hydrogens (tertiary/aromatic N) is 5. The van der Waals surface area contributed by atoms with Crippen molar-refractivity contribution in [3.63, 3.8) is 0 Å². The molecule has 0 aromatic carbocycles. The highest BCUT2D eigenvalue weighted by molar-refractivity contribution is 5.80. The van der Waals surface area contributed by atoms with Gasteiger partial charge in [0.05, 0.1) is 6.20 Å². The van der Waals surface area contributed by atoms with Crippen molar-refractivity contribution in [3.05, 3.63) is 18.0 Å². The second-order valence-corrected chi connectivity index (χ2v) is 5.88. The standard InChI is InChI=1S/C16H30N6/c1-5-21(6-2)10-8-18-16(17-3)22-9-7-14(13-22)15-11-19-20(4)12-15/h11-12,14H,5-10,13H2,1-4H3,(H,17,18). The average molecular weight is 306 g/mol. The molecule has 2 heterocycles. The zero-order valence-corrected chi connectivity index (χ0v) is 14.4. The zero-order valence-electron chi connectivity index (χ0n) is 14.4. The van der Waals surface area contributed by atoms with Crippen LogP contribution in [0, 0.1) is 0 Å². The topological polar surface area (TPSA) is 48.7 Å². The van der Waals surface area contributed by atoms with Crippen molar-refractivity contribution in [1.29, 1.82) is 0 Å². The Labute approximate surface area is 134 Å². The van der Waals surface area contributed by atoms with Crippen molar-refractivity contribution in [2.75, 3.05) is 46.3 Å². The molecule has 22 heavy (non-hydrogen) atoms. The molecule has 1 N–H and O–H groups in total. The summed E-state index contributed by atoms with van der Waals surface area (Å²) in [6, 6.07) is 0.